The van der Waals surface area contributed by atoms with Crippen LogP contribution in [0.25, 0.3) is 0 Å². The first-order valence-corrected chi connectivity index (χ1v) is 7.52. The third-order valence-corrected chi connectivity index (χ3v) is 4.26. The molecule has 1 aromatic rings. The Labute approximate surface area is 120 Å². The maximum Gasteiger partial charge on any atom is 0.326 e. The summed E-state index contributed by atoms with van der Waals surface area (Å²) in [7, 11) is 0. The number of carboxylic acid groups (broad SMARTS) is 1. The highest BCUT2D eigenvalue weighted by Gasteiger charge is 2.35. The highest BCUT2D eigenvalue weighted by Crippen LogP contribution is 2.27. The van der Waals surface area contributed by atoms with Crippen molar-refractivity contribution in [2.45, 2.75) is 23.8 Å². The summed E-state index contributed by atoms with van der Waals surface area (Å²) in [6.45, 7) is 0.468. The number of amides is 1. The Kier molecular flexibility index (Phi) is 4.37. The largest absolute Gasteiger partial charge is 0.480 e. The first kappa shape index (κ1) is 14.2. The number of aliphatic carboxylic acids is 1. The van der Waals surface area contributed by atoms with E-state index >= 15 is 0 Å². The van der Waals surface area contributed by atoms with Gasteiger partial charge in [0.1, 0.15) is 6.04 Å². The van der Waals surface area contributed by atoms with Crippen LogP contribution in [0.3, 0.4) is 0 Å². The maximum atomic E-state index is 12.4. The Morgan fingerprint density at radius 1 is 1.47 bits per heavy atom. The molecule has 1 fully saturated rings. The molecule has 1 saturated heterocycles. The molecule has 0 spiro atoms. The zero-order chi connectivity index (χ0) is 14.0. The molecule has 4 nitrogen and oxygen atoms in total. The van der Waals surface area contributed by atoms with Crippen LogP contribution in [0.1, 0.15) is 23.2 Å². The van der Waals surface area contributed by atoms with Gasteiger partial charge in [0, 0.05) is 11.4 Å². The number of rotatable bonds is 3. The van der Waals surface area contributed by atoms with Crippen molar-refractivity contribution in [1.29, 1.82) is 0 Å². The second-order valence-corrected chi connectivity index (χ2v) is 5.63. The van der Waals surface area contributed by atoms with E-state index in [4.69, 9.17) is 16.7 Å². The molecule has 0 aromatic heterocycles. The average Bonchev–Trinajstić information content (AvgIpc) is 2.88. The van der Waals surface area contributed by atoms with Crippen molar-refractivity contribution in [2.24, 2.45) is 0 Å². The molecule has 1 heterocycles. The summed E-state index contributed by atoms with van der Waals surface area (Å²) in [4.78, 5) is 25.9. The first-order chi connectivity index (χ1) is 9.04. The van der Waals surface area contributed by atoms with Crippen LogP contribution in [-0.2, 0) is 4.79 Å². The molecule has 0 radical (unpaired) electrons. The average molecular weight is 300 g/mol. The van der Waals surface area contributed by atoms with Crippen LogP contribution in [-0.4, -0.2) is 40.7 Å². The van der Waals surface area contributed by atoms with E-state index in [0.717, 1.165) is 4.90 Å². The number of hydrogen-bond acceptors (Lipinski definition) is 3. The van der Waals surface area contributed by atoms with Gasteiger partial charge in [-0.05, 0) is 37.3 Å². The lowest BCUT2D eigenvalue weighted by atomic mass is 10.1. The van der Waals surface area contributed by atoms with Gasteiger partial charge >= 0.3 is 5.97 Å². The zero-order valence-electron chi connectivity index (χ0n) is 10.4. The molecule has 19 heavy (non-hydrogen) atoms. The van der Waals surface area contributed by atoms with Gasteiger partial charge in [-0.15, -0.1) is 11.8 Å². The van der Waals surface area contributed by atoms with Gasteiger partial charge in [0.05, 0.1) is 10.6 Å². The summed E-state index contributed by atoms with van der Waals surface area (Å²) in [5.74, 6) is -1.26. The number of carboxylic acids is 1. The van der Waals surface area contributed by atoms with Crippen molar-refractivity contribution in [1.82, 2.24) is 4.90 Å². The summed E-state index contributed by atoms with van der Waals surface area (Å²) in [5, 5.41) is 9.48. The number of likely N-dealkylation sites (tertiary alicyclic amines) is 1. The van der Waals surface area contributed by atoms with Crippen LogP contribution < -0.4 is 0 Å². The highest BCUT2D eigenvalue weighted by atomic mass is 35.5. The minimum atomic E-state index is -0.956. The van der Waals surface area contributed by atoms with Crippen LogP contribution >= 0.6 is 23.4 Å². The van der Waals surface area contributed by atoms with Crippen molar-refractivity contribution >= 4 is 35.2 Å². The van der Waals surface area contributed by atoms with E-state index < -0.39 is 12.0 Å². The monoisotopic (exact) mass is 299 g/mol. The lowest BCUT2D eigenvalue weighted by molar-refractivity contribution is -0.141. The molecule has 102 valence electrons. The fraction of sp³-hybridized carbons (Fsp3) is 0.385. The van der Waals surface area contributed by atoms with E-state index in [-0.39, 0.29) is 5.91 Å². The van der Waals surface area contributed by atoms with Crippen molar-refractivity contribution in [2.75, 3.05) is 12.8 Å². The van der Waals surface area contributed by atoms with Gasteiger partial charge in [0.25, 0.3) is 5.91 Å². The van der Waals surface area contributed by atoms with Crippen LogP contribution in [0.15, 0.2) is 23.1 Å². The molecule has 2 rings (SSSR count). The molecule has 1 amide bonds. The Balaban J connectivity index is 2.31. The molecular weight excluding hydrogens is 286 g/mol. The SMILES string of the molecule is CSc1ccc(Cl)c(C(=O)N2CCC[C@@H]2C(=O)O)c1. The first-order valence-electron chi connectivity index (χ1n) is 5.92. The Morgan fingerprint density at radius 2 is 2.21 bits per heavy atom. The van der Waals surface area contributed by atoms with E-state index in [2.05, 4.69) is 0 Å². The van der Waals surface area contributed by atoms with Gasteiger partial charge in [-0.25, -0.2) is 4.79 Å². The van der Waals surface area contributed by atoms with Crippen molar-refractivity contribution in [3.63, 3.8) is 0 Å². The Morgan fingerprint density at radius 3 is 2.84 bits per heavy atom. The van der Waals surface area contributed by atoms with E-state index in [1.807, 2.05) is 12.3 Å². The van der Waals surface area contributed by atoms with Crippen LogP contribution in [0.4, 0.5) is 0 Å². The third-order valence-electron chi connectivity index (χ3n) is 3.20. The molecule has 1 atom stereocenters. The lowest BCUT2D eigenvalue weighted by Crippen LogP contribution is -2.40. The quantitative estimate of drug-likeness (QED) is 0.872. The van der Waals surface area contributed by atoms with E-state index in [9.17, 15) is 9.59 Å². The minimum Gasteiger partial charge on any atom is -0.480 e. The predicted octanol–water partition coefficient (Wildman–Crippen LogP) is 2.75. The number of thioether (sulfide) groups is 1. The molecule has 1 aliphatic rings. The van der Waals surface area contributed by atoms with Gasteiger partial charge in [-0.3, -0.25) is 4.79 Å². The summed E-state index contributed by atoms with van der Waals surface area (Å²) in [6, 6.07) is 4.49. The number of carbonyl (C=O) groups excluding carboxylic acids is 1. The molecule has 1 N–H and O–H groups in total. The van der Waals surface area contributed by atoms with Crippen molar-refractivity contribution in [3.05, 3.63) is 28.8 Å². The lowest BCUT2D eigenvalue weighted by Gasteiger charge is -2.22. The van der Waals surface area contributed by atoms with Crippen LogP contribution in [0.2, 0.25) is 5.02 Å². The number of carbonyl (C=O) groups is 2. The Bertz CT molecular complexity index is 521. The highest BCUT2D eigenvalue weighted by molar-refractivity contribution is 7.98. The fourth-order valence-corrected chi connectivity index (χ4v) is 2.85. The van der Waals surface area contributed by atoms with Gasteiger partial charge in [0.15, 0.2) is 0 Å². The van der Waals surface area contributed by atoms with Crippen molar-refractivity contribution < 1.29 is 14.7 Å². The number of halogens is 1. The second-order valence-electron chi connectivity index (χ2n) is 4.34. The molecule has 1 aromatic carbocycles. The minimum absolute atomic E-state index is 0.300. The molecule has 0 unspecified atom stereocenters. The van der Waals surface area contributed by atoms with E-state index in [1.54, 1.807) is 12.1 Å². The van der Waals surface area contributed by atoms with Gasteiger partial charge in [-0.2, -0.15) is 0 Å². The van der Waals surface area contributed by atoms with Gasteiger partial charge < -0.3 is 10.0 Å². The fourth-order valence-electron chi connectivity index (χ4n) is 2.22. The number of nitrogens with zero attached hydrogens (tertiary/aromatic N) is 1. The Hall–Kier alpha value is -1.20. The summed E-state index contributed by atoms with van der Waals surface area (Å²) in [5.41, 5.74) is 0.377. The number of benzene rings is 1. The molecule has 0 aliphatic carbocycles. The summed E-state index contributed by atoms with van der Waals surface area (Å²) in [6.07, 6.45) is 3.12. The maximum absolute atomic E-state index is 12.4. The van der Waals surface area contributed by atoms with Gasteiger partial charge in [0.2, 0.25) is 0 Å². The van der Waals surface area contributed by atoms with Crippen LogP contribution in [0.5, 0.6) is 0 Å². The normalized spacial score (nSPS) is 18.6. The summed E-state index contributed by atoms with van der Waals surface area (Å²) < 4.78 is 0. The zero-order valence-corrected chi connectivity index (χ0v) is 12.0. The molecule has 1 aliphatic heterocycles. The van der Waals surface area contributed by atoms with E-state index in [0.29, 0.717) is 30.0 Å². The molecular formula is C13H14ClNO3S. The summed E-state index contributed by atoms with van der Waals surface area (Å²) >= 11 is 7.56. The van der Waals surface area contributed by atoms with Crippen LogP contribution in [0, 0.1) is 0 Å². The van der Waals surface area contributed by atoms with Crippen molar-refractivity contribution in [3.8, 4) is 0 Å². The third kappa shape index (κ3) is 2.87. The molecule has 6 heteroatoms. The standard InChI is InChI=1S/C13H14ClNO3S/c1-19-8-4-5-10(14)9(7-8)12(16)15-6-2-3-11(15)13(17)18/h4-5,7,11H,2-3,6H2,1H3,(H,17,18)/t11-/m1/s1. The predicted molar refractivity (Wildman–Crippen MR) is 74.9 cm³/mol. The van der Waals surface area contributed by atoms with Gasteiger partial charge in [-0.1, -0.05) is 11.6 Å². The van der Waals surface area contributed by atoms with E-state index in [1.165, 1.54) is 16.7 Å². The topological polar surface area (TPSA) is 57.6 Å². The molecule has 0 saturated carbocycles. The smallest absolute Gasteiger partial charge is 0.326 e. The molecule has 0 bridgehead atoms. The second kappa shape index (κ2) is 5.84. The number of hydrogen-bond donors (Lipinski definition) is 1.